The van der Waals surface area contributed by atoms with Crippen LogP contribution in [0.15, 0.2) is 0 Å². The first-order valence-electron chi connectivity index (χ1n) is 3.91. The molecule has 1 fully saturated rings. The molecule has 2 N–H and O–H groups in total. The van der Waals surface area contributed by atoms with Crippen molar-refractivity contribution in [2.75, 3.05) is 12.4 Å². The van der Waals surface area contributed by atoms with Crippen LogP contribution in [0.3, 0.4) is 0 Å². The largest absolute Gasteiger partial charge is 0.377 e. The van der Waals surface area contributed by atoms with E-state index in [9.17, 15) is 8.42 Å². The molecule has 1 rings (SSSR count). The number of primary sulfonamides is 1. The van der Waals surface area contributed by atoms with Gasteiger partial charge in [0.15, 0.2) is 0 Å². The Labute approximate surface area is 73.1 Å². The number of ether oxygens (including phenoxy) is 1. The molecule has 0 aromatic rings. The van der Waals surface area contributed by atoms with Crippen molar-refractivity contribution in [2.24, 2.45) is 10.6 Å². The predicted molar refractivity (Wildman–Crippen MR) is 46.1 cm³/mol. The van der Waals surface area contributed by atoms with E-state index in [4.69, 9.17) is 9.88 Å². The fourth-order valence-corrected chi connectivity index (χ4v) is 2.18. The second-order valence-corrected chi connectivity index (χ2v) is 5.79. The zero-order valence-electron chi connectivity index (χ0n) is 7.41. The molecule has 5 heteroatoms. The van der Waals surface area contributed by atoms with E-state index in [1.165, 1.54) is 0 Å². The van der Waals surface area contributed by atoms with Crippen molar-refractivity contribution in [1.82, 2.24) is 0 Å². The molecule has 1 heterocycles. The fourth-order valence-electron chi connectivity index (χ4n) is 1.44. The molecule has 1 aliphatic heterocycles. The van der Waals surface area contributed by atoms with Gasteiger partial charge in [0, 0.05) is 0 Å². The number of sulfonamides is 1. The normalized spacial score (nSPS) is 29.1. The average Bonchev–Trinajstić information content (AvgIpc) is 2.05. The van der Waals surface area contributed by atoms with Gasteiger partial charge >= 0.3 is 0 Å². The Kier molecular flexibility index (Phi) is 2.47. The third-order valence-electron chi connectivity index (χ3n) is 1.91. The zero-order chi connectivity index (χ0) is 9.41. The maximum Gasteiger partial charge on any atom is 0.211 e. The van der Waals surface area contributed by atoms with Crippen LogP contribution in [0, 0.1) is 5.41 Å². The number of hydrogen-bond acceptors (Lipinski definition) is 3. The van der Waals surface area contributed by atoms with Gasteiger partial charge in [-0.05, 0) is 11.8 Å². The van der Waals surface area contributed by atoms with Crippen molar-refractivity contribution < 1.29 is 13.2 Å². The van der Waals surface area contributed by atoms with Gasteiger partial charge in [0.05, 0.1) is 18.5 Å². The topological polar surface area (TPSA) is 69.4 Å². The number of rotatable bonds is 2. The lowest BCUT2D eigenvalue weighted by atomic mass is 9.91. The van der Waals surface area contributed by atoms with Crippen molar-refractivity contribution in [3.8, 4) is 0 Å². The first-order chi connectivity index (χ1) is 5.29. The first-order valence-corrected chi connectivity index (χ1v) is 5.62. The van der Waals surface area contributed by atoms with Crippen LogP contribution in [0.2, 0.25) is 0 Å². The Bertz CT molecular complexity index is 258. The van der Waals surface area contributed by atoms with E-state index in [0.717, 1.165) is 6.42 Å². The van der Waals surface area contributed by atoms with Crippen LogP contribution < -0.4 is 5.14 Å². The second kappa shape index (κ2) is 2.97. The summed E-state index contributed by atoms with van der Waals surface area (Å²) in [5.74, 6) is -0.0591. The van der Waals surface area contributed by atoms with Gasteiger partial charge in [0.2, 0.25) is 10.0 Å². The van der Waals surface area contributed by atoms with Crippen LogP contribution in [-0.4, -0.2) is 26.9 Å². The van der Waals surface area contributed by atoms with Crippen LogP contribution in [0.25, 0.3) is 0 Å². The van der Waals surface area contributed by atoms with E-state index in [2.05, 4.69) is 13.8 Å². The van der Waals surface area contributed by atoms with Crippen LogP contribution in [0.1, 0.15) is 20.3 Å². The number of hydrogen-bond donors (Lipinski definition) is 1. The van der Waals surface area contributed by atoms with Crippen molar-refractivity contribution in [2.45, 2.75) is 26.4 Å². The molecule has 12 heavy (non-hydrogen) atoms. The summed E-state index contributed by atoms with van der Waals surface area (Å²) in [6.45, 7) is 4.72. The van der Waals surface area contributed by atoms with Crippen LogP contribution in [0.5, 0.6) is 0 Å². The standard InChI is InChI=1S/C7H15NO3S/c1-7(2)3-6(11-5-7)4-12(8,9)10/h6H,3-5H2,1-2H3,(H2,8,9,10). The Morgan fingerprint density at radius 1 is 1.58 bits per heavy atom. The molecule has 0 aliphatic carbocycles. The van der Waals surface area contributed by atoms with Crippen molar-refractivity contribution in [3.63, 3.8) is 0 Å². The van der Waals surface area contributed by atoms with E-state index in [-0.39, 0.29) is 17.3 Å². The van der Waals surface area contributed by atoms with Gasteiger partial charge in [-0.15, -0.1) is 0 Å². The van der Waals surface area contributed by atoms with Gasteiger partial charge in [-0.1, -0.05) is 13.8 Å². The van der Waals surface area contributed by atoms with Gasteiger partial charge in [-0.3, -0.25) is 0 Å². The SMILES string of the molecule is CC1(C)COC(CS(N)(=O)=O)C1. The maximum atomic E-state index is 10.7. The molecule has 0 radical (unpaired) electrons. The van der Waals surface area contributed by atoms with E-state index in [1.807, 2.05) is 0 Å². The minimum atomic E-state index is -3.38. The minimum Gasteiger partial charge on any atom is -0.377 e. The summed E-state index contributed by atoms with van der Waals surface area (Å²) in [4.78, 5) is 0. The quantitative estimate of drug-likeness (QED) is 0.675. The molecule has 1 unspecified atom stereocenters. The van der Waals surface area contributed by atoms with Gasteiger partial charge in [-0.25, -0.2) is 13.6 Å². The van der Waals surface area contributed by atoms with E-state index < -0.39 is 10.0 Å². The minimum absolute atomic E-state index is 0.0591. The second-order valence-electron chi connectivity index (χ2n) is 4.13. The smallest absolute Gasteiger partial charge is 0.211 e. The summed E-state index contributed by atoms with van der Waals surface area (Å²) in [6.07, 6.45) is 0.554. The summed E-state index contributed by atoms with van der Waals surface area (Å²) in [6, 6.07) is 0. The molecular formula is C7H15NO3S. The van der Waals surface area contributed by atoms with E-state index in [0.29, 0.717) is 6.61 Å². The average molecular weight is 193 g/mol. The molecule has 0 aromatic heterocycles. The Morgan fingerprint density at radius 3 is 2.50 bits per heavy atom. The van der Waals surface area contributed by atoms with Gasteiger partial charge in [-0.2, -0.15) is 0 Å². The summed E-state index contributed by atoms with van der Waals surface area (Å²) < 4.78 is 26.7. The highest BCUT2D eigenvalue weighted by atomic mass is 32.2. The molecule has 1 saturated heterocycles. The molecule has 0 saturated carbocycles. The molecule has 0 amide bonds. The lowest BCUT2D eigenvalue weighted by Gasteiger charge is -2.13. The third-order valence-corrected chi connectivity index (χ3v) is 2.74. The number of nitrogens with two attached hydrogens (primary N) is 1. The Morgan fingerprint density at radius 2 is 2.17 bits per heavy atom. The molecule has 1 atom stereocenters. The van der Waals surface area contributed by atoms with E-state index >= 15 is 0 Å². The predicted octanol–water partition coefficient (Wildman–Crippen LogP) is 0.0900. The fraction of sp³-hybridized carbons (Fsp3) is 1.00. The summed E-state index contributed by atoms with van der Waals surface area (Å²) in [7, 11) is -3.38. The molecule has 4 nitrogen and oxygen atoms in total. The third kappa shape index (κ3) is 3.08. The lowest BCUT2D eigenvalue weighted by Crippen LogP contribution is -2.26. The van der Waals surface area contributed by atoms with Gasteiger partial charge < -0.3 is 4.74 Å². The van der Waals surface area contributed by atoms with Crippen molar-refractivity contribution >= 4 is 10.0 Å². The zero-order valence-corrected chi connectivity index (χ0v) is 8.23. The van der Waals surface area contributed by atoms with Gasteiger partial charge in [0.1, 0.15) is 0 Å². The van der Waals surface area contributed by atoms with Crippen LogP contribution >= 0.6 is 0 Å². The lowest BCUT2D eigenvalue weighted by molar-refractivity contribution is 0.113. The highest BCUT2D eigenvalue weighted by molar-refractivity contribution is 7.89. The summed E-state index contributed by atoms with van der Waals surface area (Å²) >= 11 is 0. The van der Waals surface area contributed by atoms with Gasteiger partial charge in [0.25, 0.3) is 0 Å². The monoisotopic (exact) mass is 193 g/mol. The Balaban J connectivity index is 2.49. The Hall–Kier alpha value is -0.130. The van der Waals surface area contributed by atoms with Crippen molar-refractivity contribution in [3.05, 3.63) is 0 Å². The van der Waals surface area contributed by atoms with Crippen molar-refractivity contribution in [1.29, 1.82) is 0 Å². The van der Waals surface area contributed by atoms with Crippen LogP contribution in [0.4, 0.5) is 0 Å². The highest BCUT2D eigenvalue weighted by Crippen LogP contribution is 2.31. The van der Waals surface area contributed by atoms with E-state index in [1.54, 1.807) is 0 Å². The van der Waals surface area contributed by atoms with Crippen LogP contribution in [-0.2, 0) is 14.8 Å². The summed E-state index contributed by atoms with van der Waals surface area (Å²) in [5, 5.41) is 4.90. The molecular weight excluding hydrogens is 178 g/mol. The summed E-state index contributed by atoms with van der Waals surface area (Å²) in [5.41, 5.74) is 0.0926. The molecule has 0 bridgehead atoms. The first kappa shape index (κ1) is 9.95. The molecule has 1 aliphatic rings. The maximum absolute atomic E-state index is 10.7. The highest BCUT2D eigenvalue weighted by Gasteiger charge is 2.33. The molecule has 72 valence electrons. The molecule has 0 aromatic carbocycles. The molecule has 0 spiro atoms.